The van der Waals surface area contributed by atoms with Crippen molar-refractivity contribution < 1.29 is 27.8 Å². The molecule has 0 aliphatic carbocycles. The second-order valence-corrected chi connectivity index (χ2v) is 4.56. The van der Waals surface area contributed by atoms with E-state index >= 15 is 0 Å². The van der Waals surface area contributed by atoms with Crippen LogP contribution in [0.1, 0.15) is 25.5 Å². The highest BCUT2D eigenvalue weighted by molar-refractivity contribution is 5.43. The van der Waals surface area contributed by atoms with Crippen molar-refractivity contribution in [3.63, 3.8) is 0 Å². The molecular weight excluding hydrogens is 261 g/mol. The fraction of sp³-hybridized carbons (Fsp3) is 0.538. The highest BCUT2D eigenvalue weighted by Gasteiger charge is 2.39. The van der Waals surface area contributed by atoms with E-state index in [2.05, 4.69) is 0 Å². The molecule has 3 nitrogen and oxygen atoms in total. The van der Waals surface area contributed by atoms with Gasteiger partial charge in [0.25, 0.3) is 0 Å². The molecule has 0 aliphatic heterocycles. The minimum atomic E-state index is -4.70. The first kappa shape index (κ1) is 15.6. The molecule has 0 amide bonds. The van der Waals surface area contributed by atoms with E-state index in [0.29, 0.717) is 12.4 Å². The second kappa shape index (κ2) is 6.14. The summed E-state index contributed by atoms with van der Waals surface area (Å²) in [6.45, 7) is 4.33. The van der Waals surface area contributed by atoms with Gasteiger partial charge in [0.15, 0.2) is 17.6 Å². The van der Waals surface area contributed by atoms with E-state index in [1.165, 1.54) is 19.2 Å². The fourth-order valence-electron chi connectivity index (χ4n) is 1.42. The molecule has 0 saturated carbocycles. The van der Waals surface area contributed by atoms with Gasteiger partial charge in [0, 0.05) is 0 Å². The van der Waals surface area contributed by atoms with E-state index < -0.39 is 12.3 Å². The summed E-state index contributed by atoms with van der Waals surface area (Å²) in [4.78, 5) is 0. The quantitative estimate of drug-likeness (QED) is 0.898. The van der Waals surface area contributed by atoms with Crippen molar-refractivity contribution >= 4 is 0 Å². The molecule has 0 bridgehead atoms. The average Bonchev–Trinajstić information content (AvgIpc) is 2.34. The summed E-state index contributed by atoms with van der Waals surface area (Å²) in [6, 6.07) is 3.68. The van der Waals surface area contributed by atoms with Crippen molar-refractivity contribution in [2.45, 2.75) is 26.1 Å². The number of benzene rings is 1. The van der Waals surface area contributed by atoms with Crippen LogP contribution >= 0.6 is 0 Å². The highest BCUT2D eigenvalue weighted by atomic mass is 19.4. The first-order chi connectivity index (χ1) is 8.75. The first-order valence-corrected chi connectivity index (χ1v) is 5.81. The molecular formula is C13H17F3O3. The fourth-order valence-corrected chi connectivity index (χ4v) is 1.42. The molecule has 0 fully saturated rings. The number of hydrogen-bond donors (Lipinski definition) is 1. The monoisotopic (exact) mass is 278 g/mol. The molecule has 19 heavy (non-hydrogen) atoms. The molecule has 1 rings (SSSR count). The lowest BCUT2D eigenvalue weighted by molar-refractivity contribution is -0.206. The number of ether oxygens (including phenoxy) is 2. The number of hydrogen-bond acceptors (Lipinski definition) is 3. The standard InChI is InChI=1S/C13H17F3O3/c1-8(2)7-19-10-5-4-9(6-11(10)18-3)12(17)13(14,15)16/h4-6,8,12,17H,7H2,1-3H3. The molecule has 1 N–H and O–H groups in total. The van der Waals surface area contributed by atoms with Crippen molar-refractivity contribution in [3.05, 3.63) is 23.8 Å². The smallest absolute Gasteiger partial charge is 0.418 e. The number of rotatable bonds is 5. The lowest BCUT2D eigenvalue weighted by Gasteiger charge is -2.17. The SMILES string of the molecule is COc1cc(C(O)C(F)(F)F)ccc1OCC(C)C. The molecule has 6 heteroatoms. The van der Waals surface area contributed by atoms with E-state index in [0.717, 1.165) is 6.07 Å². The average molecular weight is 278 g/mol. The van der Waals surface area contributed by atoms with Gasteiger partial charge in [-0.25, -0.2) is 0 Å². The van der Waals surface area contributed by atoms with Gasteiger partial charge >= 0.3 is 6.18 Å². The molecule has 1 unspecified atom stereocenters. The molecule has 1 aromatic rings. The molecule has 0 aromatic heterocycles. The normalized spacial score (nSPS) is 13.5. The minimum absolute atomic E-state index is 0.168. The zero-order valence-corrected chi connectivity index (χ0v) is 11.0. The van der Waals surface area contributed by atoms with E-state index in [1.54, 1.807) is 0 Å². The maximum Gasteiger partial charge on any atom is 0.418 e. The van der Waals surface area contributed by atoms with Gasteiger partial charge < -0.3 is 14.6 Å². The van der Waals surface area contributed by atoms with Gasteiger partial charge in [-0.3, -0.25) is 0 Å². The van der Waals surface area contributed by atoms with Gasteiger partial charge in [-0.1, -0.05) is 19.9 Å². The van der Waals surface area contributed by atoms with Crippen molar-refractivity contribution in [2.24, 2.45) is 5.92 Å². The molecule has 0 aliphatic rings. The summed E-state index contributed by atoms with van der Waals surface area (Å²) in [6.07, 6.45) is -7.23. The Hall–Kier alpha value is -1.43. The molecule has 108 valence electrons. The Kier molecular flexibility index (Phi) is 5.05. The Morgan fingerprint density at radius 3 is 2.32 bits per heavy atom. The van der Waals surface area contributed by atoms with Gasteiger partial charge in [0.05, 0.1) is 13.7 Å². The molecule has 0 spiro atoms. The molecule has 0 heterocycles. The maximum atomic E-state index is 12.4. The van der Waals surface area contributed by atoms with Crippen LogP contribution in [-0.4, -0.2) is 25.0 Å². The van der Waals surface area contributed by atoms with Crippen molar-refractivity contribution in [1.29, 1.82) is 0 Å². The maximum absolute atomic E-state index is 12.4. The van der Waals surface area contributed by atoms with Crippen LogP contribution in [0.3, 0.4) is 0 Å². The Bertz CT molecular complexity index is 416. The lowest BCUT2D eigenvalue weighted by Crippen LogP contribution is -2.20. The number of halogens is 3. The Labute approximate surface area is 110 Å². The van der Waals surface area contributed by atoms with Crippen LogP contribution in [-0.2, 0) is 0 Å². The van der Waals surface area contributed by atoms with Crippen LogP contribution in [0, 0.1) is 5.92 Å². The summed E-state index contributed by atoms with van der Waals surface area (Å²) < 4.78 is 47.6. The van der Waals surface area contributed by atoms with Crippen LogP contribution in [0.25, 0.3) is 0 Å². The van der Waals surface area contributed by atoms with Crippen LogP contribution in [0.2, 0.25) is 0 Å². The summed E-state index contributed by atoms with van der Waals surface area (Å²) in [5.41, 5.74) is -0.277. The molecule has 0 radical (unpaired) electrons. The number of alkyl halides is 3. The second-order valence-electron chi connectivity index (χ2n) is 4.56. The van der Waals surface area contributed by atoms with Crippen molar-refractivity contribution in [1.82, 2.24) is 0 Å². The van der Waals surface area contributed by atoms with E-state index in [9.17, 15) is 13.2 Å². The summed E-state index contributed by atoms with van der Waals surface area (Å²) >= 11 is 0. The Morgan fingerprint density at radius 1 is 1.21 bits per heavy atom. The van der Waals surface area contributed by atoms with E-state index in [1.807, 2.05) is 13.8 Å². The zero-order valence-electron chi connectivity index (χ0n) is 11.0. The summed E-state index contributed by atoms with van der Waals surface area (Å²) in [5.74, 6) is 0.806. The summed E-state index contributed by atoms with van der Waals surface area (Å²) in [7, 11) is 1.33. The molecule has 0 saturated heterocycles. The van der Waals surface area contributed by atoms with Gasteiger partial charge in [-0.2, -0.15) is 13.2 Å². The van der Waals surface area contributed by atoms with E-state index in [-0.39, 0.29) is 17.2 Å². The number of aliphatic hydroxyl groups excluding tert-OH is 1. The van der Waals surface area contributed by atoms with Crippen LogP contribution in [0.5, 0.6) is 11.5 Å². The predicted octanol–water partition coefficient (Wildman–Crippen LogP) is 3.33. The third kappa shape index (κ3) is 4.31. The largest absolute Gasteiger partial charge is 0.493 e. The predicted molar refractivity (Wildman–Crippen MR) is 64.3 cm³/mol. The van der Waals surface area contributed by atoms with Crippen LogP contribution in [0.15, 0.2) is 18.2 Å². The van der Waals surface area contributed by atoms with Crippen molar-refractivity contribution in [2.75, 3.05) is 13.7 Å². The highest BCUT2D eigenvalue weighted by Crippen LogP contribution is 2.37. The van der Waals surface area contributed by atoms with Gasteiger partial charge in [-0.05, 0) is 23.6 Å². The lowest BCUT2D eigenvalue weighted by atomic mass is 10.1. The molecule has 1 atom stereocenters. The number of aliphatic hydroxyl groups is 1. The van der Waals surface area contributed by atoms with Crippen LogP contribution < -0.4 is 9.47 Å². The van der Waals surface area contributed by atoms with Gasteiger partial charge in [-0.15, -0.1) is 0 Å². The molecule has 1 aromatic carbocycles. The summed E-state index contributed by atoms with van der Waals surface area (Å²) in [5, 5.41) is 9.16. The van der Waals surface area contributed by atoms with Gasteiger partial charge in [0.1, 0.15) is 0 Å². The topological polar surface area (TPSA) is 38.7 Å². The first-order valence-electron chi connectivity index (χ1n) is 5.81. The van der Waals surface area contributed by atoms with Crippen molar-refractivity contribution in [3.8, 4) is 11.5 Å². The third-order valence-electron chi connectivity index (χ3n) is 2.39. The third-order valence-corrected chi connectivity index (χ3v) is 2.39. The number of methoxy groups -OCH3 is 1. The van der Waals surface area contributed by atoms with E-state index in [4.69, 9.17) is 14.6 Å². The van der Waals surface area contributed by atoms with Crippen LogP contribution in [0.4, 0.5) is 13.2 Å². The zero-order chi connectivity index (χ0) is 14.6. The Morgan fingerprint density at radius 2 is 1.84 bits per heavy atom. The minimum Gasteiger partial charge on any atom is -0.493 e. The van der Waals surface area contributed by atoms with Gasteiger partial charge in [0.2, 0.25) is 0 Å². The Balaban J connectivity index is 2.95.